The second-order valence-corrected chi connectivity index (χ2v) is 4.69. The first-order valence-corrected chi connectivity index (χ1v) is 5.68. The summed E-state index contributed by atoms with van der Waals surface area (Å²) in [5.74, 6) is -0.767. The van der Waals surface area contributed by atoms with Gasteiger partial charge >= 0.3 is 6.18 Å². The highest BCUT2D eigenvalue weighted by Gasteiger charge is 2.28. The summed E-state index contributed by atoms with van der Waals surface area (Å²) in [6.07, 6.45) is -4.41. The summed E-state index contributed by atoms with van der Waals surface area (Å²) in [6.45, 7) is -1.34. The van der Waals surface area contributed by atoms with Gasteiger partial charge < -0.3 is 5.32 Å². The van der Waals surface area contributed by atoms with E-state index in [-0.39, 0.29) is 5.56 Å². The lowest BCUT2D eigenvalue weighted by atomic mass is 10.2. The molecule has 1 rings (SSSR count). The van der Waals surface area contributed by atoms with E-state index >= 15 is 0 Å². The molecule has 0 radical (unpaired) electrons. The second kappa shape index (κ2) is 5.18. The maximum Gasteiger partial charge on any atom is 0.405 e. The number of halogens is 5. The van der Waals surface area contributed by atoms with Crippen molar-refractivity contribution in [2.24, 2.45) is 0 Å². The van der Waals surface area contributed by atoms with Crippen LogP contribution in [-0.2, 0) is 0 Å². The molecule has 0 atom stereocenters. The summed E-state index contributed by atoms with van der Waals surface area (Å²) in [4.78, 5) is 11.4. The van der Waals surface area contributed by atoms with E-state index in [1.54, 1.807) is 17.4 Å². The Labute approximate surface area is 106 Å². The van der Waals surface area contributed by atoms with Crippen LogP contribution in [0.3, 0.4) is 0 Å². The van der Waals surface area contributed by atoms with Crippen LogP contribution in [0.2, 0.25) is 0 Å². The molecule has 7 heteroatoms. The Morgan fingerprint density at radius 1 is 1.31 bits per heavy atom. The van der Waals surface area contributed by atoms with Gasteiger partial charge in [-0.1, -0.05) is 15.9 Å². The summed E-state index contributed by atoms with van der Waals surface area (Å²) < 4.78 is 36.7. The Morgan fingerprint density at radius 3 is 2.44 bits per heavy atom. The lowest BCUT2D eigenvalue weighted by Gasteiger charge is -2.09. The molecule has 0 saturated carbocycles. The molecule has 0 unspecified atom stereocenters. The van der Waals surface area contributed by atoms with Crippen molar-refractivity contribution in [3.8, 4) is 0 Å². The summed E-state index contributed by atoms with van der Waals surface area (Å²) in [5.41, 5.74) is 0.160. The van der Waals surface area contributed by atoms with Crippen molar-refractivity contribution in [2.75, 3.05) is 6.54 Å². The number of benzene rings is 1. The fraction of sp³-hybridized carbons (Fsp3) is 0.222. The maximum atomic E-state index is 11.9. The van der Waals surface area contributed by atoms with Crippen molar-refractivity contribution in [1.82, 2.24) is 5.32 Å². The van der Waals surface area contributed by atoms with Crippen LogP contribution < -0.4 is 5.32 Å². The van der Waals surface area contributed by atoms with E-state index in [0.717, 1.165) is 4.47 Å². The van der Waals surface area contributed by atoms with Crippen molar-refractivity contribution in [2.45, 2.75) is 6.18 Å². The summed E-state index contributed by atoms with van der Waals surface area (Å²) >= 11 is 6.27. The van der Waals surface area contributed by atoms with Crippen molar-refractivity contribution >= 4 is 37.8 Å². The zero-order valence-electron chi connectivity index (χ0n) is 7.74. The predicted octanol–water partition coefficient (Wildman–Crippen LogP) is 3.50. The topological polar surface area (TPSA) is 29.1 Å². The standard InChI is InChI=1S/C9H6Br2F3NO/c10-5-1-2-6(7(11)3-5)8(16)15-4-9(12,13)14/h1-3H,4H2,(H,15,16). The molecule has 0 aliphatic heterocycles. The molecule has 88 valence electrons. The van der Waals surface area contributed by atoms with Crippen LogP contribution in [0.1, 0.15) is 10.4 Å². The summed E-state index contributed by atoms with van der Waals surface area (Å²) in [5, 5.41) is 1.79. The van der Waals surface area contributed by atoms with Gasteiger partial charge in [-0.15, -0.1) is 0 Å². The Morgan fingerprint density at radius 2 is 1.94 bits per heavy atom. The highest BCUT2D eigenvalue weighted by molar-refractivity contribution is 9.11. The maximum absolute atomic E-state index is 11.9. The van der Waals surface area contributed by atoms with Crippen molar-refractivity contribution in [3.05, 3.63) is 32.7 Å². The molecule has 0 aliphatic rings. The Hall–Kier alpha value is -0.560. The van der Waals surface area contributed by atoms with Gasteiger partial charge in [-0.25, -0.2) is 0 Å². The Bertz CT molecular complexity index is 406. The second-order valence-electron chi connectivity index (χ2n) is 2.92. The van der Waals surface area contributed by atoms with Gasteiger partial charge in [0, 0.05) is 8.95 Å². The first-order chi connectivity index (χ1) is 7.29. The average Bonchev–Trinajstić information content (AvgIpc) is 2.13. The van der Waals surface area contributed by atoms with Crippen LogP contribution in [0.25, 0.3) is 0 Å². The molecule has 0 saturated heterocycles. The minimum atomic E-state index is -4.41. The van der Waals surface area contributed by atoms with Crippen molar-refractivity contribution in [3.63, 3.8) is 0 Å². The number of rotatable bonds is 2. The van der Waals surface area contributed by atoms with Crippen molar-refractivity contribution in [1.29, 1.82) is 0 Å². The molecular weight excluding hydrogens is 355 g/mol. The van der Waals surface area contributed by atoms with E-state index in [1.165, 1.54) is 6.07 Å². The number of hydrogen-bond donors (Lipinski definition) is 1. The van der Waals surface area contributed by atoms with Crippen molar-refractivity contribution < 1.29 is 18.0 Å². The molecular formula is C9H6Br2F3NO. The molecule has 0 fully saturated rings. The molecule has 1 amide bonds. The van der Waals surface area contributed by atoms with Gasteiger partial charge in [0.1, 0.15) is 6.54 Å². The fourth-order valence-corrected chi connectivity index (χ4v) is 2.18. The lowest BCUT2D eigenvalue weighted by Crippen LogP contribution is -2.33. The zero-order chi connectivity index (χ0) is 12.3. The highest BCUT2D eigenvalue weighted by Crippen LogP contribution is 2.22. The zero-order valence-corrected chi connectivity index (χ0v) is 10.9. The molecule has 0 spiro atoms. The van der Waals surface area contributed by atoms with Crippen LogP contribution in [0.4, 0.5) is 13.2 Å². The van der Waals surface area contributed by atoms with E-state index in [1.807, 2.05) is 0 Å². The number of amides is 1. The van der Waals surface area contributed by atoms with Crippen LogP contribution in [-0.4, -0.2) is 18.6 Å². The minimum Gasteiger partial charge on any atom is -0.343 e. The quantitative estimate of drug-likeness (QED) is 0.859. The van der Waals surface area contributed by atoms with E-state index in [0.29, 0.717) is 4.47 Å². The molecule has 1 aromatic rings. The molecule has 0 aliphatic carbocycles. The average molecular weight is 361 g/mol. The molecule has 16 heavy (non-hydrogen) atoms. The van der Waals surface area contributed by atoms with Gasteiger partial charge in [0.25, 0.3) is 5.91 Å². The van der Waals surface area contributed by atoms with Gasteiger partial charge in [0.15, 0.2) is 0 Å². The lowest BCUT2D eigenvalue weighted by molar-refractivity contribution is -0.123. The predicted molar refractivity (Wildman–Crippen MR) is 60.2 cm³/mol. The highest BCUT2D eigenvalue weighted by atomic mass is 79.9. The number of alkyl halides is 3. The number of hydrogen-bond acceptors (Lipinski definition) is 1. The van der Waals surface area contributed by atoms with E-state index in [2.05, 4.69) is 31.9 Å². The summed E-state index contributed by atoms with van der Waals surface area (Å²) in [6, 6.07) is 4.59. The minimum absolute atomic E-state index is 0.160. The van der Waals surface area contributed by atoms with E-state index in [4.69, 9.17) is 0 Å². The molecule has 2 nitrogen and oxygen atoms in total. The number of nitrogens with one attached hydrogen (secondary N) is 1. The Kier molecular flexibility index (Phi) is 4.37. The Balaban J connectivity index is 2.74. The monoisotopic (exact) mass is 359 g/mol. The van der Waals surface area contributed by atoms with Gasteiger partial charge in [0.05, 0.1) is 5.56 Å². The molecule has 0 bridgehead atoms. The van der Waals surface area contributed by atoms with E-state index in [9.17, 15) is 18.0 Å². The smallest absolute Gasteiger partial charge is 0.343 e. The molecule has 0 heterocycles. The van der Waals surface area contributed by atoms with Gasteiger partial charge in [-0.3, -0.25) is 4.79 Å². The van der Waals surface area contributed by atoms with Gasteiger partial charge in [-0.05, 0) is 34.1 Å². The van der Waals surface area contributed by atoms with Crippen LogP contribution in [0.15, 0.2) is 27.1 Å². The van der Waals surface area contributed by atoms with Crippen LogP contribution in [0.5, 0.6) is 0 Å². The first-order valence-electron chi connectivity index (χ1n) is 4.09. The SMILES string of the molecule is O=C(NCC(F)(F)F)c1ccc(Br)cc1Br. The fourth-order valence-electron chi connectivity index (χ4n) is 0.949. The molecule has 1 aromatic carbocycles. The largest absolute Gasteiger partial charge is 0.405 e. The van der Waals surface area contributed by atoms with Crippen LogP contribution >= 0.6 is 31.9 Å². The third-order valence-corrected chi connectivity index (χ3v) is 2.77. The molecule has 1 N–H and O–H groups in total. The summed E-state index contributed by atoms with van der Waals surface area (Å²) in [7, 11) is 0. The third-order valence-electron chi connectivity index (χ3n) is 1.63. The molecule has 0 aromatic heterocycles. The third kappa shape index (κ3) is 4.13. The van der Waals surface area contributed by atoms with Crippen LogP contribution in [0, 0.1) is 0 Å². The van der Waals surface area contributed by atoms with E-state index < -0.39 is 18.6 Å². The number of carbonyl (C=O) groups excluding carboxylic acids is 1. The first kappa shape index (κ1) is 13.5. The van der Waals surface area contributed by atoms with Gasteiger partial charge in [0.2, 0.25) is 0 Å². The normalized spacial score (nSPS) is 11.3. The van der Waals surface area contributed by atoms with Gasteiger partial charge in [-0.2, -0.15) is 13.2 Å². The number of carbonyl (C=O) groups is 1.